The van der Waals surface area contributed by atoms with E-state index in [4.69, 9.17) is 9.47 Å². The molecule has 25 heavy (non-hydrogen) atoms. The number of carbonyl (C=O) groups is 2. The molecular formula is C14H14N4O6S. The van der Waals surface area contributed by atoms with E-state index in [1.165, 1.54) is 30.8 Å². The summed E-state index contributed by atoms with van der Waals surface area (Å²) < 4.78 is 10.2. The number of rotatable bonds is 6. The summed E-state index contributed by atoms with van der Waals surface area (Å²) in [5, 5.41) is 21.8. The summed E-state index contributed by atoms with van der Waals surface area (Å²) in [4.78, 5) is 33.0. The van der Waals surface area contributed by atoms with Crippen molar-refractivity contribution in [3.05, 3.63) is 27.8 Å². The Morgan fingerprint density at radius 1 is 1.52 bits per heavy atom. The van der Waals surface area contributed by atoms with E-state index in [0.717, 1.165) is 6.21 Å². The molecule has 1 fully saturated rings. The van der Waals surface area contributed by atoms with Gasteiger partial charge in [0.2, 0.25) is 11.7 Å². The fourth-order valence-electron chi connectivity index (χ4n) is 1.90. The zero-order valence-corrected chi connectivity index (χ0v) is 14.2. The lowest BCUT2D eigenvalue weighted by Crippen LogP contribution is -2.19. The van der Waals surface area contributed by atoms with E-state index < -0.39 is 16.6 Å². The number of nitrogens with zero attached hydrogens (tertiary/aromatic N) is 3. The second kappa shape index (κ2) is 8.24. The summed E-state index contributed by atoms with van der Waals surface area (Å²) in [7, 11) is 0. The first kappa shape index (κ1) is 18.4. The number of esters is 1. The second-order valence-corrected chi connectivity index (χ2v) is 5.57. The van der Waals surface area contributed by atoms with Gasteiger partial charge in [-0.25, -0.2) is 0 Å². The largest absolute Gasteiger partial charge is 0.485 e. The number of nitrogens with one attached hydrogen (secondary N) is 1. The highest BCUT2D eigenvalue weighted by Gasteiger charge is 2.26. The van der Waals surface area contributed by atoms with Gasteiger partial charge in [-0.15, -0.1) is 5.10 Å². The van der Waals surface area contributed by atoms with E-state index in [2.05, 4.69) is 15.5 Å². The Morgan fingerprint density at radius 2 is 2.28 bits per heavy atom. The van der Waals surface area contributed by atoms with Gasteiger partial charge in [0.25, 0.3) is 0 Å². The number of amidine groups is 1. The van der Waals surface area contributed by atoms with Crippen molar-refractivity contribution in [1.82, 2.24) is 5.32 Å². The van der Waals surface area contributed by atoms with Gasteiger partial charge < -0.3 is 14.8 Å². The second-order valence-electron chi connectivity index (χ2n) is 4.60. The predicted molar refractivity (Wildman–Crippen MR) is 91.2 cm³/mol. The summed E-state index contributed by atoms with van der Waals surface area (Å²) in [5.41, 5.74) is -0.282. The first-order valence-corrected chi connectivity index (χ1v) is 8.07. The average Bonchev–Trinajstić information content (AvgIpc) is 2.94. The minimum Gasteiger partial charge on any atom is -0.485 e. The Bertz CT molecular complexity index is 777. The molecule has 1 saturated heterocycles. The number of ether oxygens (including phenoxy) is 2. The van der Waals surface area contributed by atoms with Crippen LogP contribution in [-0.4, -0.2) is 40.5 Å². The third-order valence-corrected chi connectivity index (χ3v) is 3.65. The molecule has 1 aliphatic rings. The highest BCUT2D eigenvalue weighted by molar-refractivity contribution is 8.15. The average molecular weight is 366 g/mol. The Balaban J connectivity index is 2.40. The Kier molecular flexibility index (Phi) is 6.06. The molecule has 0 spiro atoms. The minimum absolute atomic E-state index is 0.0527. The van der Waals surface area contributed by atoms with Crippen LogP contribution in [0, 0.1) is 10.1 Å². The molecule has 11 heteroatoms. The van der Waals surface area contributed by atoms with Crippen LogP contribution in [0.1, 0.15) is 19.4 Å². The quantitative estimate of drug-likeness (QED) is 0.265. The summed E-state index contributed by atoms with van der Waals surface area (Å²) in [6, 6.07) is 2.74. The Morgan fingerprint density at radius 3 is 2.84 bits per heavy atom. The van der Waals surface area contributed by atoms with Crippen LogP contribution in [-0.2, 0) is 9.59 Å². The molecule has 0 aliphatic carbocycles. The molecule has 1 aromatic carbocycles. The molecule has 10 nitrogen and oxygen atoms in total. The number of benzene rings is 1. The lowest BCUT2D eigenvalue weighted by atomic mass is 10.1. The van der Waals surface area contributed by atoms with Crippen molar-refractivity contribution in [3.63, 3.8) is 0 Å². The molecular weight excluding hydrogens is 352 g/mol. The zero-order valence-electron chi connectivity index (χ0n) is 13.3. The standard InChI is InChI=1S/C14H14N4O6S/c1-3-23-13-10(24-8(2)19)5-4-9(12(13)18(21)22)6-15-17-14-16-11(20)7-25-14/h4-6H,3,7H2,1-2H3,(H,16,17,20). The lowest BCUT2D eigenvalue weighted by Gasteiger charge is -2.11. The number of thioether (sulfide) groups is 1. The number of hydrogen-bond acceptors (Lipinski definition) is 9. The van der Waals surface area contributed by atoms with E-state index in [-0.39, 0.29) is 35.3 Å². The Labute approximate surface area is 146 Å². The van der Waals surface area contributed by atoms with Crippen LogP contribution in [0.4, 0.5) is 5.69 Å². The lowest BCUT2D eigenvalue weighted by molar-refractivity contribution is -0.386. The van der Waals surface area contributed by atoms with Crippen LogP contribution >= 0.6 is 11.8 Å². The molecule has 0 bridgehead atoms. The van der Waals surface area contributed by atoms with Crippen molar-refractivity contribution >= 4 is 40.7 Å². The monoisotopic (exact) mass is 366 g/mol. The third kappa shape index (κ3) is 4.76. The molecule has 0 aromatic heterocycles. The van der Waals surface area contributed by atoms with Crippen LogP contribution in [0.3, 0.4) is 0 Å². The van der Waals surface area contributed by atoms with Crippen LogP contribution in [0.15, 0.2) is 22.3 Å². The first-order chi connectivity index (χ1) is 11.9. The molecule has 0 atom stereocenters. The van der Waals surface area contributed by atoms with E-state index in [9.17, 15) is 19.7 Å². The highest BCUT2D eigenvalue weighted by Crippen LogP contribution is 2.39. The van der Waals surface area contributed by atoms with Crippen molar-refractivity contribution in [2.75, 3.05) is 12.4 Å². The first-order valence-electron chi connectivity index (χ1n) is 7.08. The van der Waals surface area contributed by atoms with Gasteiger partial charge in [0.1, 0.15) is 0 Å². The van der Waals surface area contributed by atoms with Crippen LogP contribution in [0.2, 0.25) is 0 Å². The van der Waals surface area contributed by atoms with Crippen LogP contribution in [0.25, 0.3) is 0 Å². The van der Waals surface area contributed by atoms with Crippen molar-refractivity contribution in [2.24, 2.45) is 10.2 Å². The number of amides is 1. The fourth-order valence-corrected chi connectivity index (χ4v) is 2.53. The third-order valence-electron chi connectivity index (χ3n) is 2.78. The topological polar surface area (TPSA) is 132 Å². The van der Waals surface area contributed by atoms with Crippen LogP contribution in [0.5, 0.6) is 11.5 Å². The molecule has 1 N–H and O–H groups in total. The number of hydrogen-bond donors (Lipinski definition) is 1. The van der Waals surface area contributed by atoms with Gasteiger partial charge in [-0.05, 0) is 19.1 Å². The minimum atomic E-state index is -0.654. The van der Waals surface area contributed by atoms with Gasteiger partial charge in [-0.1, -0.05) is 11.8 Å². The maximum Gasteiger partial charge on any atom is 0.323 e. The van der Waals surface area contributed by atoms with Gasteiger partial charge in [0, 0.05) is 6.92 Å². The Hall–Kier alpha value is -2.95. The SMILES string of the molecule is CCOc1c(OC(C)=O)ccc(C=NN=C2NC(=O)CS2)c1[N+](=O)[O-]. The maximum atomic E-state index is 11.4. The molecule has 1 aliphatic heterocycles. The van der Waals surface area contributed by atoms with E-state index in [1.807, 2.05) is 0 Å². The van der Waals surface area contributed by atoms with E-state index in [1.54, 1.807) is 6.92 Å². The molecule has 1 heterocycles. The highest BCUT2D eigenvalue weighted by atomic mass is 32.2. The van der Waals surface area contributed by atoms with E-state index >= 15 is 0 Å². The molecule has 1 amide bonds. The summed E-state index contributed by atoms with van der Waals surface area (Å²) in [6.07, 6.45) is 1.16. The summed E-state index contributed by atoms with van der Waals surface area (Å²) in [6.45, 7) is 2.97. The maximum absolute atomic E-state index is 11.4. The molecule has 2 rings (SSSR count). The van der Waals surface area contributed by atoms with Crippen LogP contribution < -0.4 is 14.8 Å². The fraction of sp³-hybridized carbons (Fsp3) is 0.286. The van der Waals surface area contributed by atoms with Gasteiger partial charge >= 0.3 is 11.7 Å². The normalized spacial score (nSPS) is 15.4. The van der Waals surface area contributed by atoms with Crippen molar-refractivity contribution in [1.29, 1.82) is 0 Å². The summed E-state index contributed by atoms with van der Waals surface area (Å²) >= 11 is 1.18. The van der Waals surface area contributed by atoms with Gasteiger partial charge in [-0.3, -0.25) is 19.7 Å². The van der Waals surface area contributed by atoms with Crippen molar-refractivity contribution in [2.45, 2.75) is 13.8 Å². The zero-order chi connectivity index (χ0) is 18.4. The van der Waals surface area contributed by atoms with Crippen molar-refractivity contribution < 1.29 is 24.0 Å². The van der Waals surface area contributed by atoms with Gasteiger partial charge in [-0.2, -0.15) is 5.10 Å². The molecule has 0 saturated carbocycles. The smallest absolute Gasteiger partial charge is 0.323 e. The number of carbonyl (C=O) groups excluding carboxylic acids is 2. The molecule has 0 radical (unpaired) electrons. The van der Waals surface area contributed by atoms with Gasteiger partial charge in [0.05, 0.1) is 29.1 Å². The number of nitro benzene ring substituents is 1. The molecule has 132 valence electrons. The van der Waals surface area contributed by atoms with Gasteiger partial charge in [0.15, 0.2) is 10.9 Å². The van der Waals surface area contributed by atoms with Crippen molar-refractivity contribution in [3.8, 4) is 11.5 Å². The number of nitro groups is 1. The molecule has 0 unspecified atom stereocenters. The predicted octanol–water partition coefficient (Wildman–Crippen LogP) is 1.47. The van der Waals surface area contributed by atoms with E-state index in [0.29, 0.717) is 5.17 Å². The summed E-state index contributed by atoms with van der Waals surface area (Å²) in [5.74, 6) is -0.780. The molecule has 1 aromatic rings.